The predicted molar refractivity (Wildman–Crippen MR) is 82.4 cm³/mol. The van der Waals surface area contributed by atoms with Crippen LogP contribution in [0.5, 0.6) is 5.75 Å². The summed E-state index contributed by atoms with van der Waals surface area (Å²) in [5.41, 5.74) is 3.35. The lowest BCUT2D eigenvalue weighted by Crippen LogP contribution is -2.29. The van der Waals surface area contributed by atoms with E-state index < -0.39 is 0 Å². The summed E-state index contributed by atoms with van der Waals surface area (Å²) < 4.78 is 7.27. The number of ether oxygens (including phenoxy) is 1. The van der Waals surface area contributed by atoms with Crippen LogP contribution < -0.4 is 10.1 Å². The van der Waals surface area contributed by atoms with Crippen LogP contribution in [-0.4, -0.2) is 27.4 Å². The minimum Gasteiger partial charge on any atom is -0.480 e. The Bertz CT molecular complexity index is 665. The van der Waals surface area contributed by atoms with Gasteiger partial charge in [0, 0.05) is 13.6 Å². The standard InChI is InChI=1S/C16H21N3O3/c1-11-16(12(2)19(3)18-11)22-10-15(21)17-8-13-6-4-5-7-14(13)9-20/h4-7,20H,8-10H2,1-3H3,(H,17,21). The fourth-order valence-electron chi connectivity index (χ4n) is 2.23. The number of carbonyl (C=O) groups is 1. The van der Waals surface area contributed by atoms with Gasteiger partial charge in [0.1, 0.15) is 5.69 Å². The Hall–Kier alpha value is -2.34. The van der Waals surface area contributed by atoms with Gasteiger partial charge in [-0.2, -0.15) is 5.10 Å². The summed E-state index contributed by atoms with van der Waals surface area (Å²) in [5, 5.41) is 16.3. The number of aliphatic hydroxyl groups excluding tert-OH is 1. The molecule has 0 unspecified atom stereocenters. The van der Waals surface area contributed by atoms with Crippen molar-refractivity contribution in [3.8, 4) is 5.75 Å². The zero-order chi connectivity index (χ0) is 16.1. The Labute approximate surface area is 129 Å². The number of carbonyl (C=O) groups excluding carboxylic acids is 1. The highest BCUT2D eigenvalue weighted by Gasteiger charge is 2.12. The van der Waals surface area contributed by atoms with Crippen molar-refractivity contribution in [1.29, 1.82) is 0 Å². The predicted octanol–water partition coefficient (Wildman–Crippen LogP) is 1.22. The van der Waals surface area contributed by atoms with Gasteiger partial charge in [-0.25, -0.2) is 0 Å². The molecule has 6 heteroatoms. The van der Waals surface area contributed by atoms with Crippen molar-refractivity contribution in [2.45, 2.75) is 27.0 Å². The average molecular weight is 303 g/mol. The molecule has 2 aromatic rings. The van der Waals surface area contributed by atoms with Gasteiger partial charge in [0.15, 0.2) is 12.4 Å². The van der Waals surface area contributed by atoms with Gasteiger partial charge >= 0.3 is 0 Å². The van der Waals surface area contributed by atoms with E-state index in [2.05, 4.69) is 10.4 Å². The summed E-state index contributed by atoms with van der Waals surface area (Å²) in [4.78, 5) is 11.9. The third-order valence-electron chi connectivity index (χ3n) is 3.55. The van der Waals surface area contributed by atoms with Gasteiger partial charge in [0.2, 0.25) is 0 Å². The zero-order valence-electron chi connectivity index (χ0n) is 13.1. The summed E-state index contributed by atoms with van der Waals surface area (Å²) in [7, 11) is 1.83. The highest BCUT2D eigenvalue weighted by atomic mass is 16.5. The van der Waals surface area contributed by atoms with Crippen LogP contribution in [-0.2, 0) is 25.0 Å². The molecule has 118 valence electrons. The Balaban J connectivity index is 1.88. The van der Waals surface area contributed by atoms with Crippen molar-refractivity contribution in [3.05, 3.63) is 46.8 Å². The molecule has 1 aromatic carbocycles. The molecule has 0 atom stereocenters. The summed E-state index contributed by atoms with van der Waals surface area (Å²) in [6, 6.07) is 7.44. The minimum absolute atomic E-state index is 0.0450. The second kappa shape index (κ2) is 7.09. The quantitative estimate of drug-likeness (QED) is 0.841. The van der Waals surface area contributed by atoms with Gasteiger partial charge < -0.3 is 15.2 Å². The minimum atomic E-state index is -0.213. The van der Waals surface area contributed by atoms with Gasteiger partial charge in [-0.1, -0.05) is 24.3 Å². The van der Waals surface area contributed by atoms with Gasteiger partial charge in [0.25, 0.3) is 5.91 Å². The van der Waals surface area contributed by atoms with E-state index in [4.69, 9.17) is 4.74 Å². The number of benzene rings is 1. The van der Waals surface area contributed by atoms with Crippen molar-refractivity contribution in [3.63, 3.8) is 0 Å². The van der Waals surface area contributed by atoms with E-state index in [1.807, 2.05) is 45.2 Å². The molecular formula is C16H21N3O3. The third kappa shape index (κ3) is 3.65. The molecule has 1 aromatic heterocycles. The van der Waals surface area contributed by atoms with E-state index in [0.29, 0.717) is 12.3 Å². The number of hydrogen-bond donors (Lipinski definition) is 2. The van der Waals surface area contributed by atoms with E-state index in [0.717, 1.165) is 22.5 Å². The SMILES string of the molecule is Cc1nn(C)c(C)c1OCC(=O)NCc1ccccc1CO. The Kier molecular flexibility index (Phi) is 5.16. The van der Waals surface area contributed by atoms with Crippen molar-refractivity contribution >= 4 is 5.91 Å². The van der Waals surface area contributed by atoms with Crippen molar-refractivity contribution in [2.24, 2.45) is 7.05 Å². The molecule has 2 N–H and O–H groups in total. The van der Waals surface area contributed by atoms with E-state index in [-0.39, 0.29) is 19.1 Å². The summed E-state index contributed by atoms with van der Waals surface area (Å²) in [5.74, 6) is 0.434. The molecule has 22 heavy (non-hydrogen) atoms. The maximum Gasteiger partial charge on any atom is 0.258 e. The lowest BCUT2D eigenvalue weighted by Gasteiger charge is -2.10. The molecule has 1 amide bonds. The van der Waals surface area contributed by atoms with E-state index >= 15 is 0 Å². The topological polar surface area (TPSA) is 76.4 Å². The number of hydrogen-bond acceptors (Lipinski definition) is 4. The molecule has 0 aliphatic rings. The second-order valence-corrected chi connectivity index (χ2v) is 5.12. The summed E-state index contributed by atoms with van der Waals surface area (Å²) in [6.07, 6.45) is 0. The highest BCUT2D eigenvalue weighted by molar-refractivity contribution is 5.77. The molecule has 2 rings (SSSR count). The second-order valence-electron chi connectivity index (χ2n) is 5.12. The van der Waals surface area contributed by atoms with Crippen LogP contribution in [0.15, 0.2) is 24.3 Å². The van der Waals surface area contributed by atoms with Crippen LogP contribution in [0.25, 0.3) is 0 Å². The molecule has 0 saturated carbocycles. The smallest absolute Gasteiger partial charge is 0.258 e. The molecular weight excluding hydrogens is 282 g/mol. The Morgan fingerprint density at radius 2 is 2.00 bits per heavy atom. The molecule has 0 saturated heterocycles. The highest BCUT2D eigenvalue weighted by Crippen LogP contribution is 2.21. The van der Waals surface area contributed by atoms with Crippen molar-refractivity contribution in [2.75, 3.05) is 6.61 Å². The number of rotatable bonds is 6. The molecule has 0 radical (unpaired) electrons. The first-order chi connectivity index (χ1) is 10.5. The van der Waals surface area contributed by atoms with Crippen LogP contribution in [0, 0.1) is 13.8 Å². The molecule has 0 aliphatic heterocycles. The fraction of sp³-hybridized carbons (Fsp3) is 0.375. The van der Waals surface area contributed by atoms with Crippen LogP contribution in [0.2, 0.25) is 0 Å². The maximum atomic E-state index is 11.9. The molecule has 0 bridgehead atoms. The van der Waals surface area contributed by atoms with Gasteiger partial charge in [-0.15, -0.1) is 0 Å². The normalized spacial score (nSPS) is 10.5. The molecule has 0 fully saturated rings. The fourth-order valence-corrected chi connectivity index (χ4v) is 2.23. The van der Waals surface area contributed by atoms with Gasteiger partial charge in [0.05, 0.1) is 12.3 Å². The molecule has 6 nitrogen and oxygen atoms in total. The Morgan fingerprint density at radius 1 is 1.32 bits per heavy atom. The first-order valence-electron chi connectivity index (χ1n) is 7.10. The lowest BCUT2D eigenvalue weighted by molar-refractivity contribution is -0.123. The largest absolute Gasteiger partial charge is 0.480 e. The van der Waals surface area contributed by atoms with Crippen LogP contribution in [0.1, 0.15) is 22.5 Å². The zero-order valence-corrected chi connectivity index (χ0v) is 13.1. The Morgan fingerprint density at radius 3 is 2.59 bits per heavy atom. The van der Waals surface area contributed by atoms with E-state index in [9.17, 15) is 9.90 Å². The first-order valence-corrected chi connectivity index (χ1v) is 7.10. The van der Waals surface area contributed by atoms with E-state index in [1.165, 1.54) is 0 Å². The van der Waals surface area contributed by atoms with Crippen LogP contribution in [0.4, 0.5) is 0 Å². The molecule has 1 heterocycles. The molecule has 0 spiro atoms. The number of nitrogens with one attached hydrogen (secondary N) is 1. The summed E-state index contributed by atoms with van der Waals surface area (Å²) in [6.45, 7) is 4.00. The van der Waals surface area contributed by atoms with Crippen molar-refractivity contribution < 1.29 is 14.6 Å². The molecule has 0 aliphatic carbocycles. The number of amides is 1. The lowest BCUT2D eigenvalue weighted by atomic mass is 10.1. The maximum absolute atomic E-state index is 11.9. The van der Waals surface area contributed by atoms with Crippen molar-refractivity contribution in [1.82, 2.24) is 15.1 Å². The number of aromatic nitrogens is 2. The third-order valence-corrected chi connectivity index (χ3v) is 3.55. The van der Waals surface area contributed by atoms with E-state index in [1.54, 1.807) is 4.68 Å². The first kappa shape index (κ1) is 16.0. The average Bonchev–Trinajstić information content (AvgIpc) is 2.76. The monoisotopic (exact) mass is 303 g/mol. The number of aryl methyl sites for hydroxylation is 2. The van der Waals surface area contributed by atoms with Crippen LogP contribution in [0.3, 0.4) is 0 Å². The number of nitrogens with zero attached hydrogens (tertiary/aromatic N) is 2. The number of aliphatic hydroxyl groups is 1. The summed E-state index contributed by atoms with van der Waals surface area (Å²) >= 11 is 0. The van der Waals surface area contributed by atoms with Gasteiger partial charge in [-0.3, -0.25) is 9.48 Å². The van der Waals surface area contributed by atoms with Crippen LogP contribution >= 0.6 is 0 Å². The van der Waals surface area contributed by atoms with Gasteiger partial charge in [-0.05, 0) is 25.0 Å².